The molecule has 0 amide bonds. The Morgan fingerprint density at radius 1 is 1.15 bits per heavy atom. The van der Waals surface area contributed by atoms with Gasteiger partial charge in [-0.05, 0) is 49.2 Å². The highest BCUT2D eigenvalue weighted by atomic mass is 79.9. The van der Waals surface area contributed by atoms with Crippen LogP contribution in [0.2, 0.25) is 0 Å². The molecule has 0 spiro atoms. The molecular formula is C16H16BrF2N. The van der Waals surface area contributed by atoms with Gasteiger partial charge in [0.15, 0.2) is 0 Å². The fraction of sp³-hybridized carbons (Fsp3) is 0.250. The number of nitrogens with one attached hydrogen (secondary N) is 1. The van der Waals surface area contributed by atoms with Gasteiger partial charge in [0.1, 0.15) is 11.6 Å². The fourth-order valence-corrected chi connectivity index (χ4v) is 2.63. The number of rotatable bonds is 4. The van der Waals surface area contributed by atoms with E-state index in [9.17, 15) is 8.78 Å². The van der Waals surface area contributed by atoms with E-state index in [1.807, 2.05) is 25.1 Å². The summed E-state index contributed by atoms with van der Waals surface area (Å²) in [6.07, 6.45) is 0.842. The average molecular weight is 340 g/mol. The number of anilines is 1. The Hall–Kier alpha value is -1.42. The SMILES string of the molecule is CCc1cc(Br)ccc1NC(C)c1c(F)cccc1F. The molecule has 1 nitrogen and oxygen atoms in total. The molecular weight excluding hydrogens is 324 g/mol. The first-order chi connectivity index (χ1) is 9.52. The van der Waals surface area contributed by atoms with E-state index in [1.165, 1.54) is 18.2 Å². The Morgan fingerprint density at radius 2 is 1.80 bits per heavy atom. The molecule has 1 unspecified atom stereocenters. The van der Waals surface area contributed by atoms with Crippen LogP contribution in [0.3, 0.4) is 0 Å². The molecule has 2 aromatic carbocycles. The summed E-state index contributed by atoms with van der Waals surface area (Å²) in [5.74, 6) is -1.06. The van der Waals surface area contributed by atoms with Crippen LogP contribution in [0.25, 0.3) is 0 Å². The van der Waals surface area contributed by atoms with E-state index >= 15 is 0 Å². The summed E-state index contributed by atoms with van der Waals surface area (Å²) in [6, 6.07) is 9.31. The maximum absolute atomic E-state index is 13.8. The Balaban J connectivity index is 2.30. The first-order valence-electron chi connectivity index (χ1n) is 6.51. The minimum atomic E-state index is -0.528. The molecule has 1 N–H and O–H groups in total. The van der Waals surface area contributed by atoms with Crippen molar-refractivity contribution in [1.29, 1.82) is 0 Å². The third kappa shape index (κ3) is 3.18. The molecule has 0 saturated carbocycles. The second-order valence-corrected chi connectivity index (χ2v) is 5.57. The third-order valence-electron chi connectivity index (χ3n) is 3.25. The normalized spacial score (nSPS) is 12.2. The van der Waals surface area contributed by atoms with Crippen LogP contribution >= 0.6 is 15.9 Å². The van der Waals surface area contributed by atoms with Crippen molar-refractivity contribution < 1.29 is 8.78 Å². The molecule has 4 heteroatoms. The highest BCUT2D eigenvalue weighted by molar-refractivity contribution is 9.10. The Kier molecular flexibility index (Phi) is 4.76. The van der Waals surface area contributed by atoms with Crippen molar-refractivity contribution in [2.24, 2.45) is 0 Å². The number of aryl methyl sites for hydroxylation is 1. The van der Waals surface area contributed by atoms with Gasteiger partial charge >= 0.3 is 0 Å². The van der Waals surface area contributed by atoms with E-state index in [4.69, 9.17) is 0 Å². The zero-order chi connectivity index (χ0) is 14.7. The second-order valence-electron chi connectivity index (χ2n) is 4.66. The lowest BCUT2D eigenvalue weighted by molar-refractivity contribution is 0.544. The summed E-state index contributed by atoms with van der Waals surface area (Å²) in [5.41, 5.74) is 2.06. The van der Waals surface area contributed by atoms with Gasteiger partial charge in [-0.3, -0.25) is 0 Å². The van der Waals surface area contributed by atoms with Gasteiger partial charge in [0, 0.05) is 15.7 Å². The quantitative estimate of drug-likeness (QED) is 0.779. The molecule has 0 saturated heterocycles. The lowest BCUT2D eigenvalue weighted by atomic mass is 10.0. The van der Waals surface area contributed by atoms with Crippen molar-refractivity contribution in [3.63, 3.8) is 0 Å². The van der Waals surface area contributed by atoms with Crippen LogP contribution in [0, 0.1) is 11.6 Å². The van der Waals surface area contributed by atoms with E-state index in [2.05, 4.69) is 21.2 Å². The fourth-order valence-electron chi connectivity index (χ4n) is 2.23. The van der Waals surface area contributed by atoms with Gasteiger partial charge in [0.2, 0.25) is 0 Å². The first kappa shape index (κ1) is 15.0. The van der Waals surface area contributed by atoms with Gasteiger partial charge in [0.25, 0.3) is 0 Å². The molecule has 0 radical (unpaired) electrons. The monoisotopic (exact) mass is 339 g/mol. The molecule has 0 fully saturated rings. The van der Waals surface area contributed by atoms with Crippen LogP contribution in [-0.4, -0.2) is 0 Å². The molecule has 20 heavy (non-hydrogen) atoms. The molecule has 0 bridgehead atoms. The van der Waals surface area contributed by atoms with Crippen LogP contribution in [0.5, 0.6) is 0 Å². The second kappa shape index (κ2) is 6.35. The first-order valence-corrected chi connectivity index (χ1v) is 7.31. The predicted octanol–water partition coefficient (Wildman–Crippen LogP) is 5.46. The molecule has 2 rings (SSSR count). The Labute approximate surface area is 126 Å². The summed E-state index contributed by atoms with van der Waals surface area (Å²) >= 11 is 3.42. The van der Waals surface area contributed by atoms with E-state index in [0.717, 1.165) is 22.1 Å². The van der Waals surface area contributed by atoms with Crippen LogP contribution in [0.15, 0.2) is 40.9 Å². The third-order valence-corrected chi connectivity index (χ3v) is 3.75. The Morgan fingerprint density at radius 3 is 2.40 bits per heavy atom. The van der Waals surface area contributed by atoms with Crippen LogP contribution in [-0.2, 0) is 6.42 Å². The largest absolute Gasteiger partial charge is 0.378 e. The van der Waals surface area contributed by atoms with Gasteiger partial charge in [-0.15, -0.1) is 0 Å². The minimum Gasteiger partial charge on any atom is -0.378 e. The molecule has 2 aromatic rings. The molecule has 0 aliphatic carbocycles. The smallest absolute Gasteiger partial charge is 0.131 e. The minimum absolute atomic E-state index is 0.0671. The van der Waals surface area contributed by atoms with Crippen LogP contribution in [0.1, 0.15) is 31.0 Å². The summed E-state index contributed by atoms with van der Waals surface area (Å²) in [5, 5.41) is 3.19. The maximum atomic E-state index is 13.8. The molecule has 106 valence electrons. The van der Waals surface area contributed by atoms with E-state index < -0.39 is 17.7 Å². The summed E-state index contributed by atoms with van der Waals surface area (Å²) < 4.78 is 28.5. The van der Waals surface area contributed by atoms with Gasteiger partial charge in [-0.25, -0.2) is 8.78 Å². The van der Waals surface area contributed by atoms with E-state index in [-0.39, 0.29) is 5.56 Å². The highest BCUT2D eigenvalue weighted by Crippen LogP contribution is 2.28. The van der Waals surface area contributed by atoms with Gasteiger partial charge in [-0.2, -0.15) is 0 Å². The predicted molar refractivity (Wildman–Crippen MR) is 81.9 cm³/mol. The van der Waals surface area contributed by atoms with Gasteiger partial charge in [-0.1, -0.05) is 28.9 Å². The van der Waals surface area contributed by atoms with Crippen molar-refractivity contribution in [3.05, 3.63) is 63.6 Å². The maximum Gasteiger partial charge on any atom is 0.131 e. The Bertz CT molecular complexity index is 593. The standard InChI is InChI=1S/C16H16BrF2N/c1-3-11-9-12(17)7-8-15(11)20-10(2)16-13(18)5-4-6-14(16)19/h4-10,20H,3H2,1-2H3. The molecule has 0 aliphatic heterocycles. The zero-order valence-corrected chi connectivity index (χ0v) is 13.0. The summed E-state index contributed by atoms with van der Waals surface area (Å²) in [6.45, 7) is 3.80. The number of hydrogen-bond donors (Lipinski definition) is 1. The average Bonchev–Trinajstić information content (AvgIpc) is 2.40. The van der Waals surface area contributed by atoms with Crippen molar-refractivity contribution in [2.45, 2.75) is 26.3 Å². The number of hydrogen-bond acceptors (Lipinski definition) is 1. The lowest BCUT2D eigenvalue weighted by Gasteiger charge is -2.19. The van der Waals surface area contributed by atoms with Gasteiger partial charge in [0.05, 0.1) is 6.04 Å². The lowest BCUT2D eigenvalue weighted by Crippen LogP contribution is -2.12. The van der Waals surface area contributed by atoms with Crippen LogP contribution < -0.4 is 5.32 Å². The summed E-state index contributed by atoms with van der Waals surface area (Å²) in [4.78, 5) is 0. The van der Waals surface area contributed by atoms with Crippen molar-refractivity contribution in [2.75, 3.05) is 5.32 Å². The van der Waals surface area contributed by atoms with Gasteiger partial charge < -0.3 is 5.32 Å². The molecule has 0 heterocycles. The zero-order valence-electron chi connectivity index (χ0n) is 11.4. The van der Waals surface area contributed by atoms with Crippen LogP contribution in [0.4, 0.5) is 14.5 Å². The number of benzene rings is 2. The number of halogens is 3. The molecule has 0 aromatic heterocycles. The molecule has 0 aliphatic rings. The van der Waals surface area contributed by atoms with E-state index in [0.29, 0.717) is 0 Å². The highest BCUT2D eigenvalue weighted by Gasteiger charge is 2.16. The summed E-state index contributed by atoms with van der Waals surface area (Å²) in [7, 11) is 0. The van der Waals surface area contributed by atoms with Crippen molar-refractivity contribution >= 4 is 21.6 Å². The van der Waals surface area contributed by atoms with Crippen molar-refractivity contribution in [3.8, 4) is 0 Å². The van der Waals surface area contributed by atoms with E-state index in [1.54, 1.807) is 6.92 Å². The van der Waals surface area contributed by atoms with Crippen molar-refractivity contribution in [1.82, 2.24) is 0 Å². The molecule has 1 atom stereocenters. The topological polar surface area (TPSA) is 12.0 Å².